The first-order valence-corrected chi connectivity index (χ1v) is 11.2. The Morgan fingerprint density at radius 1 is 0.250 bits per heavy atom. The number of benzene rings is 5. The van der Waals surface area contributed by atoms with Gasteiger partial charge in [-0.15, -0.1) is 0 Å². The molecule has 0 N–H and O–H groups in total. The fourth-order valence-corrected chi connectivity index (χ4v) is 4.54. The Balaban J connectivity index is 0.000000109. The van der Waals surface area contributed by atoms with Crippen LogP contribution in [0.2, 0.25) is 0 Å². The minimum absolute atomic E-state index is 1.10. The van der Waals surface area contributed by atoms with Gasteiger partial charge in [-0.2, -0.15) is 0 Å². The van der Waals surface area contributed by atoms with Crippen LogP contribution in [0.1, 0.15) is 22.3 Å². The quantitative estimate of drug-likeness (QED) is 0.236. The Morgan fingerprint density at radius 3 is 0.719 bits per heavy atom. The predicted molar refractivity (Wildman–Crippen MR) is 136 cm³/mol. The van der Waals surface area contributed by atoms with Crippen molar-refractivity contribution < 1.29 is 0 Å². The second-order valence-corrected chi connectivity index (χ2v) is 8.14. The summed E-state index contributed by atoms with van der Waals surface area (Å²) in [4.78, 5) is 0. The van der Waals surface area contributed by atoms with Gasteiger partial charge in [0.05, 0.1) is 0 Å². The van der Waals surface area contributed by atoms with Crippen molar-refractivity contribution in [3.05, 3.63) is 156 Å². The van der Waals surface area contributed by atoms with Crippen molar-refractivity contribution >= 4 is 0 Å². The highest BCUT2D eigenvalue weighted by Crippen LogP contribution is 2.36. The number of rotatable bonds is 0. The monoisotopic (exact) mass is 410 g/mol. The zero-order valence-electron chi connectivity index (χ0n) is 18.1. The summed E-state index contributed by atoms with van der Waals surface area (Å²) >= 11 is 0. The first-order valence-electron chi connectivity index (χ1n) is 11.2. The molecule has 0 nitrogen and oxygen atoms in total. The normalized spacial score (nSPS) is 11.5. The summed E-state index contributed by atoms with van der Waals surface area (Å²) in [7, 11) is 0. The van der Waals surface area contributed by atoms with Gasteiger partial charge in [0.15, 0.2) is 0 Å². The van der Waals surface area contributed by atoms with Gasteiger partial charge in [0, 0.05) is 0 Å². The first-order chi connectivity index (χ1) is 15.9. The topological polar surface area (TPSA) is 0 Å². The highest BCUT2D eigenvalue weighted by molar-refractivity contribution is 5.77. The van der Waals surface area contributed by atoms with Gasteiger partial charge < -0.3 is 0 Å². The lowest BCUT2D eigenvalue weighted by molar-refractivity contribution is 1.26. The summed E-state index contributed by atoms with van der Waals surface area (Å²) in [6, 6.07) is 46.6. The molecule has 154 valence electrons. The zero-order valence-corrected chi connectivity index (χ0v) is 18.1. The lowest BCUT2D eigenvalue weighted by atomic mass is 10.1. The van der Waals surface area contributed by atoms with Gasteiger partial charge in [-0.1, -0.05) is 133 Å². The minimum Gasteiger partial charge on any atom is -0.0623 e. The SMILES string of the molecule is c1ccc2c(c1)Cc1ccccc1-2.c1ccc2c(c1)Cc1ccccc1-2.c1ccccc1. The van der Waals surface area contributed by atoms with Crippen molar-refractivity contribution in [3.63, 3.8) is 0 Å². The standard InChI is InChI=1S/2C13H10.C6H6/c2*1-3-7-12-10(5-1)9-11-6-2-4-8-13(11)12;1-2-4-6-5-3-1/h2*1-8H,9H2;1-6H. The minimum atomic E-state index is 1.10. The average molecular weight is 411 g/mol. The van der Waals surface area contributed by atoms with Gasteiger partial charge >= 0.3 is 0 Å². The van der Waals surface area contributed by atoms with E-state index in [4.69, 9.17) is 0 Å². The first kappa shape index (κ1) is 20.0. The molecule has 0 spiro atoms. The van der Waals surface area contributed by atoms with Crippen molar-refractivity contribution in [3.8, 4) is 22.3 Å². The highest BCUT2D eigenvalue weighted by Gasteiger charge is 2.16. The second kappa shape index (κ2) is 9.49. The molecule has 0 fully saturated rings. The average Bonchev–Trinajstić information content (AvgIpc) is 3.44. The molecule has 0 heterocycles. The van der Waals surface area contributed by atoms with E-state index in [9.17, 15) is 0 Å². The van der Waals surface area contributed by atoms with Gasteiger partial charge in [0.2, 0.25) is 0 Å². The van der Waals surface area contributed by atoms with Crippen LogP contribution in [0.4, 0.5) is 0 Å². The summed E-state index contributed by atoms with van der Waals surface area (Å²) in [6.45, 7) is 0. The van der Waals surface area contributed by atoms with Crippen molar-refractivity contribution in [2.24, 2.45) is 0 Å². The molecule has 0 bridgehead atoms. The molecule has 0 aromatic heterocycles. The van der Waals surface area contributed by atoms with Crippen molar-refractivity contribution in [1.29, 1.82) is 0 Å². The third-order valence-corrected chi connectivity index (χ3v) is 6.08. The molecular weight excluding hydrogens is 384 g/mol. The van der Waals surface area contributed by atoms with E-state index in [2.05, 4.69) is 97.1 Å². The van der Waals surface area contributed by atoms with Crippen molar-refractivity contribution in [2.75, 3.05) is 0 Å². The third kappa shape index (κ3) is 4.26. The molecule has 0 amide bonds. The van der Waals surface area contributed by atoms with Crippen LogP contribution < -0.4 is 0 Å². The Morgan fingerprint density at radius 2 is 0.469 bits per heavy atom. The van der Waals surface area contributed by atoms with Crippen LogP contribution >= 0.6 is 0 Å². The van der Waals surface area contributed by atoms with Gasteiger partial charge in [-0.25, -0.2) is 0 Å². The third-order valence-electron chi connectivity index (χ3n) is 6.08. The van der Waals surface area contributed by atoms with Gasteiger partial charge in [0.1, 0.15) is 0 Å². The molecular formula is C32H26. The van der Waals surface area contributed by atoms with E-state index < -0.39 is 0 Å². The molecule has 0 aliphatic heterocycles. The molecule has 32 heavy (non-hydrogen) atoms. The van der Waals surface area contributed by atoms with Crippen LogP contribution in [0.15, 0.2) is 133 Å². The molecule has 0 atom stereocenters. The van der Waals surface area contributed by atoms with E-state index in [-0.39, 0.29) is 0 Å². The van der Waals surface area contributed by atoms with Crippen LogP contribution in [0.5, 0.6) is 0 Å². The lowest BCUT2D eigenvalue weighted by Crippen LogP contribution is -1.77. The Hall–Kier alpha value is -3.90. The lowest BCUT2D eigenvalue weighted by Gasteiger charge is -1.98. The van der Waals surface area contributed by atoms with E-state index in [1.807, 2.05) is 36.4 Å². The van der Waals surface area contributed by atoms with Gasteiger partial charge in [0.25, 0.3) is 0 Å². The van der Waals surface area contributed by atoms with Crippen LogP contribution in [-0.2, 0) is 12.8 Å². The molecule has 5 aromatic rings. The number of fused-ring (bicyclic) bond motifs is 6. The summed E-state index contributed by atoms with van der Waals surface area (Å²) in [6.07, 6.45) is 2.21. The molecule has 2 aliphatic carbocycles. The maximum Gasteiger partial charge on any atom is -0.00135 e. The summed E-state index contributed by atoms with van der Waals surface area (Å²) in [5, 5.41) is 0. The molecule has 0 saturated carbocycles. The van der Waals surface area contributed by atoms with Crippen molar-refractivity contribution in [1.82, 2.24) is 0 Å². The number of hydrogen-bond acceptors (Lipinski definition) is 0. The maximum absolute atomic E-state index is 2.22. The van der Waals surface area contributed by atoms with Crippen molar-refractivity contribution in [2.45, 2.75) is 12.8 Å². The molecule has 0 saturated heterocycles. The molecule has 5 aromatic carbocycles. The Bertz CT molecular complexity index is 1110. The van der Waals surface area contributed by atoms with Crippen LogP contribution in [0.3, 0.4) is 0 Å². The Kier molecular flexibility index (Phi) is 5.94. The second-order valence-electron chi connectivity index (χ2n) is 8.14. The van der Waals surface area contributed by atoms with E-state index in [0.29, 0.717) is 0 Å². The van der Waals surface area contributed by atoms with Gasteiger partial charge in [-0.05, 0) is 57.3 Å². The van der Waals surface area contributed by atoms with E-state index in [0.717, 1.165) is 12.8 Å². The smallest absolute Gasteiger partial charge is 0.00135 e. The highest BCUT2D eigenvalue weighted by atomic mass is 14.2. The fraction of sp³-hybridized carbons (Fsp3) is 0.0625. The summed E-state index contributed by atoms with van der Waals surface area (Å²) < 4.78 is 0. The molecule has 7 rings (SSSR count). The van der Waals surface area contributed by atoms with E-state index in [1.165, 1.54) is 44.5 Å². The van der Waals surface area contributed by atoms with Crippen LogP contribution in [0, 0.1) is 0 Å². The zero-order chi connectivity index (χ0) is 21.6. The van der Waals surface area contributed by atoms with E-state index in [1.54, 1.807) is 0 Å². The molecule has 0 heteroatoms. The maximum atomic E-state index is 2.22. The summed E-state index contributed by atoms with van der Waals surface area (Å²) in [5.74, 6) is 0. The molecule has 0 unspecified atom stereocenters. The Labute approximate surface area is 190 Å². The summed E-state index contributed by atoms with van der Waals surface area (Å²) in [5.41, 5.74) is 11.5. The van der Waals surface area contributed by atoms with Crippen LogP contribution in [-0.4, -0.2) is 0 Å². The predicted octanol–water partition coefficient (Wildman–Crippen LogP) is 8.20. The largest absolute Gasteiger partial charge is 0.0623 e. The number of hydrogen-bond donors (Lipinski definition) is 0. The van der Waals surface area contributed by atoms with E-state index >= 15 is 0 Å². The van der Waals surface area contributed by atoms with Gasteiger partial charge in [-0.3, -0.25) is 0 Å². The molecule has 0 radical (unpaired) electrons. The fourth-order valence-electron chi connectivity index (χ4n) is 4.54. The van der Waals surface area contributed by atoms with Crippen LogP contribution in [0.25, 0.3) is 22.3 Å². The molecule has 2 aliphatic rings.